The molecule has 2 aromatic rings. The molecule has 0 N–H and O–H groups in total. The second kappa shape index (κ2) is 6.99. The molecule has 0 saturated carbocycles. The molecule has 0 aromatic heterocycles. The number of aryl methyl sites for hydroxylation is 2. The molecule has 106 valence electrons. The normalized spacial score (nSPS) is 10.3. The molecule has 2 aromatic carbocycles. The molecular weight excluding hydrogens is 248 g/mol. The van der Waals surface area contributed by atoms with E-state index >= 15 is 0 Å². The molecule has 0 spiro atoms. The molecule has 0 aliphatic carbocycles. The van der Waals surface area contributed by atoms with Crippen LogP contribution < -0.4 is 9.47 Å². The Kier molecular flexibility index (Phi) is 5.05. The molecule has 20 heavy (non-hydrogen) atoms. The van der Waals surface area contributed by atoms with E-state index in [1.54, 1.807) is 7.11 Å². The third-order valence-electron chi connectivity index (χ3n) is 3.38. The van der Waals surface area contributed by atoms with Crippen molar-refractivity contribution < 1.29 is 9.47 Å². The fourth-order valence-corrected chi connectivity index (χ4v) is 2.25. The molecule has 0 fully saturated rings. The summed E-state index contributed by atoms with van der Waals surface area (Å²) >= 11 is 0. The Hall–Kier alpha value is -1.96. The van der Waals surface area contributed by atoms with Crippen LogP contribution in [0.4, 0.5) is 0 Å². The van der Waals surface area contributed by atoms with Gasteiger partial charge in [0.05, 0.1) is 7.11 Å². The van der Waals surface area contributed by atoms with Crippen molar-refractivity contribution in [3.05, 3.63) is 59.2 Å². The molecule has 2 rings (SSSR count). The van der Waals surface area contributed by atoms with E-state index in [-0.39, 0.29) is 0 Å². The minimum absolute atomic E-state index is 0.561. The Labute approximate surface area is 121 Å². The molecule has 0 atom stereocenters. The van der Waals surface area contributed by atoms with Crippen molar-refractivity contribution in [1.29, 1.82) is 0 Å². The van der Waals surface area contributed by atoms with Gasteiger partial charge in [0.15, 0.2) is 11.5 Å². The van der Waals surface area contributed by atoms with Crippen molar-refractivity contribution in [1.82, 2.24) is 0 Å². The van der Waals surface area contributed by atoms with Gasteiger partial charge >= 0.3 is 0 Å². The van der Waals surface area contributed by atoms with E-state index in [4.69, 9.17) is 9.47 Å². The summed E-state index contributed by atoms with van der Waals surface area (Å²) in [4.78, 5) is 0. The summed E-state index contributed by atoms with van der Waals surface area (Å²) in [5, 5.41) is 0. The Morgan fingerprint density at radius 1 is 1.00 bits per heavy atom. The van der Waals surface area contributed by atoms with E-state index in [1.165, 1.54) is 11.1 Å². The van der Waals surface area contributed by atoms with E-state index in [0.29, 0.717) is 6.61 Å². The van der Waals surface area contributed by atoms with Crippen molar-refractivity contribution in [2.75, 3.05) is 7.11 Å². The van der Waals surface area contributed by atoms with E-state index in [2.05, 4.69) is 38.1 Å². The number of ether oxygens (including phenoxy) is 2. The summed E-state index contributed by atoms with van der Waals surface area (Å²) < 4.78 is 11.4. The van der Waals surface area contributed by atoms with Crippen molar-refractivity contribution in [3.63, 3.8) is 0 Å². The average Bonchev–Trinajstić information content (AvgIpc) is 2.48. The van der Waals surface area contributed by atoms with Gasteiger partial charge in [-0.25, -0.2) is 0 Å². The van der Waals surface area contributed by atoms with E-state index in [0.717, 1.165) is 29.9 Å². The summed E-state index contributed by atoms with van der Waals surface area (Å²) in [5.74, 6) is 1.63. The lowest BCUT2D eigenvalue weighted by atomic mass is 10.0. The van der Waals surface area contributed by atoms with Crippen LogP contribution in [0.1, 0.15) is 30.0 Å². The van der Waals surface area contributed by atoms with Crippen LogP contribution in [0.15, 0.2) is 42.5 Å². The van der Waals surface area contributed by atoms with Gasteiger partial charge in [-0.05, 0) is 42.2 Å². The largest absolute Gasteiger partial charge is 0.493 e. The van der Waals surface area contributed by atoms with Crippen LogP contribution in [0.5, 0.6) is 11.5 Å². The monoisotopic (exact) mass is 270 g/mol. The fraction of sp³-hybridized carbons (Fsp3) is 0.333. The zero-order chi connectivity index (χ0) is 14.4. The van der Waals surface area contributed by atoms with Crippen molar-refractivity contribution in [2.45, 2.75) is 33.3 Å². The zero-order valence-electron chi connectivity index (χ0n) is 12.5. The second-order valence-corrected chi connectivity index (χ2v) is 4.95. The first kappa shape index (κ1) is 14.4. The molecule has 0 bridgehead atoms. The van der Waals surface area contributed by atoms with E-state index in [1.807, 2.05) is 18.2 Å². The summed E-state index contributed by atoms with van der Waals surface area (Å²) in [6, 6.07) is 14.4. The third-order valence-corrected chi connectivity index (χ3v) is 3.38. The van der Waals surface area contributed by atoms with Gasteiger partial charge in [0.1, 0.15) is 6.61 Å². The van der Waals surface area contributed by atoms with Gasteiger partial charge in [-0.2, -0.15) is 0 Å². The molecule has 0 heterocycles. The summed E-state index contributed by atoms with van der Waals surface area (Å²) in [7, 11) is 1.68. The minimum atomic E-state index is 0.561. The van der Waals surface area contributed by atoms with E-state index < -0.39 is 0 Å². The van der Waals surface area contributed by atoms with Gasteiger partial charge in [0.25, 0.3) is 0 Å². The van der Waals surface area contributed by atoms with Gasteiger partial charge in [0, 0.05) is 0 Å². The Bertz CT molecular complexity index is 547. The Morgan fingerprint density at radius 3 is 2.40 bits per heavy atom. The van der Waals surface area contributed by atoms with Gasteiger partial charge in [-0.1, -0.05) is 43.7 Å². The van der Waals surface area contributed by atoms with E-state index in [9.17, 15) is 0 Å². The molecule has 0 saturated heterocycles. The molecular formula is C18H22O2. The fourth-order valence-electron chi connectivity index (χ4n) is 2.25. The van der Waals surface area contributed by atoms with Crippen molar-refractivity contribution >= 4 is 0 Å². The Balaban J connectivity index is 2.18. The maximum absolute atomic E-state index is 5.93. The number of benzene rings is 2. The summed E-state index contributed by atoms with van der Waals surface area (Å²) in [6.07, 6.45) is 2.20. The van der Waals surface area contributed by atoms with Crippen LogP contribution in [-0.4, -0.2) is 7.11 Å². The molecule has 0 unspecified atom stereocenters. The van der Waals surface area contributed by atoms with Crippen LogP contribution in [-0.2, 0) is 13.0 Å². The molecule has 0 aliphatic heterocycles. The van der Waals surface area contributed by atoms with Crippen LogP contribution in [0.3, 0.4) is 0 Å². The summed E-state index contributed by atoms with van der Waals surface area (Å²) in [5.41, 5.74) is 3.75. The lowest BCUT2D eigenvalue weighted by Crippen LogP contribution is -2.00. The third kappa shape index (κ3) is 3.53. The van der Waals surface area contributed by atoms with Gasteiger partial charge in [-0.3, -0.25) is 0 Å². The van der Waals surface area contributed by atoms with Crippen molar-refractivity contribution in [2.24, 2.45) is 0 Å². The van der Waals surface area contributed by atoms with Gasteiger partial charge in [0.2, 0.25) is 0 Å². The molecule has 0 radical (unpaired) electrons. The Morgan fingerprint density at radius 2 is 1.75 bits per heavy atom. The average molecular weight is 270 g/mol. The minimum Gasteiger partial charge on any atom is -0.493 e. The number of hydrogen-bond acceptors (Lipinski definition) is 2. The number of methoxy groups -OCH3 is 1. The van der Waals surface area contributed by atoms with Gasteiger partial charge in [-0.15, -0.1) is 0 Å². The quantitative estimate of drug-likeness (QED) is 0.767. The first-order chi connectivity index (χ1) is 9.74. The highest BCUT2D eigenvalue weighted by Gasteiger charge is 2.09. The van der Waals surface area contributed by atoms with Crippen LogP contribution in [0, 0.1) is 6.92 Å². The lowest BCUT2D eigenvalue weighted by molar-refractivity contribution is 0.284. The van der Waals surface area contributed by atoms with Gasteiger partial charge < -0.3 is 9.47 Å². The predicted octanol–water partition coefficient (Wildman–Crippen LogP) is 4.54. The molecule has 2 heteroatoms. The maximum atomic E-state index is 5.93. The topological polar surface area (TPSA) is 18.5 Å². The van der Waals surface area contributed by atoms with Crippen molar-refractivity contribution in [3.8, 4) is 11.5 Å². The van der Waals surface area contributed by atoms with Crippen LogP contribution >= 0.6 is 0 Å². The zero-order valence-corrected chi connectivity index (χ0v) is 12.5. The van der Waals surface area contributed by atoms with Crippen LogP contribution in [0.2, 0.25) is 0 Å². The van der Waals surface area contributed by atoms with Crippen LogP contribution in [0.25, 0.3) is 0 Å². The molecule has 2 nitrogen and oxygen atoms in total. The summed E-state index contributed by atoms with van der Waals surface area (Å²) in [6.45, 7) is 4.87. The number of rotatable bonds is 6. The highest BCUT2D eigenvalue weighted by molar-refractivity contribution is 5.47. The standard InChI is InChI=1S/C18H22O2/c1-4-8-16-12-18(17(19-3)11-14(16)2)20-13-15-9-6-5-7-10-15/h5-7,9-12H,4,8,13H2,1-3H3. The first-order valence-electron chi connectivity index (χ1n) is 7.08. The second-order valence-electron chi connectivity index (χ2n) is 4.95. The SMILES string of the molecule is CCCc1cc(OCc2ccccc2)c(OC)cc1C. The molecule has 0 aliphatic rings. The first-order valence-corrected chi connectivity index (χ1v) is 7.08. The lowest BCUT2D eigenvalue weighted by Gasteiger charge is -2.14. The smallest absolute Gasteiger partial charge is 0.161 e. The molecule has 0 amide bonds. The number of hydrogen-bond donors (Lipinski definition) is 0. The maximum Gasteiger partial charge on any atom is 0.161 e. The predicted molar refractivity (Wildman–Crippen MR) is 82.5 cm³/mol. The highest BCUT2D eigenvalue weighted by Crippen LogP contribution is 2.31. The highest BCUT2D eigenvalue weighted by atomic mass is 16.5.